The Hall–Kier alpha value is -0.620. The zero-order chi connectivity index (χ0) is 11.5. The van der Waals surface area contributed by atoms with Gasteiger partial charge in [-0.05, 0) is 46.7 Å². The van der Waals surface area contributed by atoms with E-state index in [1.807, 2.05) is 11.4 Å². The van der Waals surface area contributed by atoms with Crippen LogP contribution in [0.2, 0.25) is 0 Å². The fourth-order valence-electron chi connectivity index (χ4n) is 2.26. The predicted molar refractivity (Wildman–Crippen MR) is 66.6 cm³/mol. The number of carboxylic acid groups (broad SMARTS) is 1. The molecule has 0 unspecified atom stereocenters. The molecule has 1 fully saturated rings. The van der Waals surface area contributed by atoms with Crippen LogP contribution in [0.1, 0.15) is 12.0 Å². The number of aliphatic carboxylic acids is 1. The molecule has 1 aromatic rings. The second-order valence-electron chi connectivity index (χ2n) is 4.33. The first-order valence-corrected chi connectivity index (χ1v) is 6.51. The molecular weight excluding hydrogens is 317 g/mol. The van der Waals surface area contributed by atoms with Crippen LogP contribution < -0.4 is 10.4 Å². The molecule has 0 aliphatic carbocycles. The van der Waals surface area contributed by atoms with E-state index >= 15 is 0 Å². The highest BCUT2D eigenvalue weighted by atomic mass is 127. The Bertz CT molecular complexity index is 394. The van der Waals surface area contributed by atoms with Gasteiger partial charge < -0.3 is 15.2 Å². The largest absolute Gasteiger partial charge is 0.544 e. The van der Waals surface area contributed by atoms with Gasteiger partial charge in [0.15, 0.2) is 0 Å². The van der Waals surface area contributed by atoms with Crippen LogP contribution in [0.5, 0.6) is 0 Å². The number of halogens is 1. The molecule has 2 rings (SSSR count). The predicted octanol–water partition coefficient (Wildman–Crippen LogP) is -0.465. The SMILES string of the molecule is O=C([O-])[C@@H]1C[C@@H](Cc2cccc(I)c2)C[NH2+]1. The Balaban J connectivity index is 1.94. The number of quaternary nitrogens is 1. The van der Waals surface area contributed by atoms with Crippen molar-refractivity contribution in [3.63, 3.8) is 0 Å². The Kier molecular flexibility index (Phi) is 3.81. The van der Waals surface area contributed by atoms with Crippen LogP contribution in [-0.2, 0) is 11.2 Å². The molecule has 4 heteroatoms. The second-order valence-corrected chi connectivity index (χ2v) is 5.58. The van der Waals surface area contributed by atoms with Crippen molar-refractivity contribution >= 4 is 28.6 Å². The molecule has 3 nitrogen and oxygen atoms in total. The van der Waals surface area contributed by atoms with Gasteiger partial charge in [0.2, 0.25) is 0 Å². The average Bonchev–Trinajstić information content (AvgIpc) is 2.66. The Morgan fingerprint density at radius 3 is 3.00 bits per heavy atom. The van der Waals surface area contributed by atoms with Gasteiger partial charge in [0.05, 0.1) is 12.5 Å². The molecule has 0 amide bonds. The first kappa shape index (κ1) is 11.9. The summed E-state index contributed by atoms with van der Waals surface area (Å²) in [4.78, 5) is 10.7. The summed E-state index contributed by atoms with van der Waals surface area (Å²) < 4.78 is 1.23. The van der Waals surface area contributed by atoms with Gasteiger partial charge in [-0.1, -0.05) is 12.1 Å². The van der Waals surface area contributed by atoms with E-state index in [2.05, 4.69) is 40.8 Å². The average molecular weight is 331 g/mol. The molecule has 1 aliphatic rings. The number of nitrogens with two attached hydrogens (primary N) is 1. The summed E-state index contributed by atoms with van der Waals surface area (Å²) in [5.74, 6) is -0.466. The van der Waals surface area contributed by atoms with Crippen molar-refractivity contribution in [3.05, 3.63) is 33.4 Å². The van der Waals surface area contributed by atoms with Gasteiger partial charge in [-0.2, -0.15) is 0 Å². The van der Waals surface area contributed by atoms with Crippen LogP contribution in [0.25, 0.3) is 0 Å². The molecule has 2 atom stereocenters. The van der Waals surface area contributed by atoms with Crippen molar-refractivity contribution in [1.29, 1.82) is 0 Å². The topological polar surface area (TPSA) is 56.7 Å². The molecule has 0 radical (unpaired) electrons. The molecule has 0 saturated carbocycles. The first-order valence-electron chi connectivity index (χ1n) is 5.44. The van der Waals surface area contributed by atoms with E-state index in [1.165, 1.54) is 9.13 Å². The maximum Gasteiger partial charge on any atom is 0.127 e. The van der Waals surface area contributed by atoms with Crippen LogP contribution in [0.3, 0.4) is 0 Å². The van der Waals surface area contributed by atoms with E-state index in [0.717, 1.165) is 19.4 Å². The lowest BCUT2D eigenvalue weighted by atomic mass is 9.97. The Morgan fingerprint density at radius 1 is 1.56 bits per heavy atom. The van der Waals surface area contributed by atoms with Gasteiger partial charge in [0.25, 0.3) is 0 Å². The minimum absolute atomic E-state index is 0.340. The zero-order valence-electron chi connectivity index (χ0n) is 8.86. The van der Waals surface area contributed by atoms with Gasteiger partial charge in [0, 0.05) is 15.9 Å². The van der Waals surface area contributed by atoms with E-state index in [4.69, 9.17) is 0 Å². The summed E-state index contributed by atoms with van der Waals surface area (Å²) in [6.07, 6.45) is 1.70. The number of hydrogen-bond acceptors (Lipinski definition) is 2. The van der Waals surface area contributed by atoms with E-state index in [1.54, 1.807) is 0 Å². The number of rotatable bonds is 3. The molecule has 1 heterocycles. The third-order valence-corrected chi connectivity index (χ3v) is 3.73. The van der Waals surface area contributed by atoms with Crippen LogP contribution in [0.4, 0.5) is 0 Å². The summed E-state index contributed by atoms with van der Waals surface area (Å²) in [6, 6.07) is 8.04. The highest BCUT2D eigenvalue weighted by molar-refractivity contribution is 14.1. The molecule has 0 aromatic heterocycles. The molecule has 1 aliphatic heterocycles. The summed E-state index contributed by atoms with van der Waals surface area (Å²) in [6.45, 7) is 0.893. The van der Waals surface area contributed by atoms with Crippen LogP contribution >= 0.6 is 22.6 Å². The van der Waals surface area contributed by atoms with Crippen molar-refractivity contribution in [3.8, 4) is 0 Å². The highest BCUT2D eigenvalue weighted by Gasteiger charge is 2.28. The first-order chi connectivity index (χ1) is 7.65. The van der Waals surface area contributed by atoms with Crippen LogP contribution in [0, 0.1) is 9.49 Å². The lowest BCUT2D eigenvalue weighted by Crippen LogP contribution is -2.90. The maximum atomic E-state index is 10.7. The van der Waals surface area contributed by atoms with Crippen LogP contribution in [-0.4, -0.2) is 18.6 Å². The van der Waals surface area contributed by atoms with E-state index in [9.17, 15) is 9.90 Å². The van der Waals surface area contributed by atoms with Crippen molar-refractivity contribution in [1.82, 2.24) is 0 Å². The van der Waals surface area contributed by atoms with Crippen molar-refractivity contribution in [2.24, 2.45) is 5.92 Å². The number of benzene rings is 1. The van der Waals surface area contributed by atoms with Gasteiger partial charge in [-0.25, -0.2) is 0 Å². The third kappa shape index (κ3) is 2.95. The normalized spacial score (nSPS) is 24.6. The van der Waals surface area contributed by atoms with E-state index in [0.29, 0.717) is 5.92 Å². The maximum absolute atomic E-state index is 10.7. The third-order valence-electron chi connectivity index (χ3n) is 3.06. The van der Waals surface area contributed by atoms with Crippen molar-refractivity contribution < 1.29 is 15.2 Å². The number of carbonyl (C=O) groups excluding carboxylic acids is 1. The highest BCUT2D eigenvalue weighted by Crippen LogP contribution is 2.17. The lowest BCUT2D eigenvalue weighted by Gasteiger charge is -2.08. The quantitative estimate of drug-likeness (QED) is 0.762. The fourth-order valence-corrected chi connectivity index (χ4v) is 2.87. The molecule has 0 spiro atoms. The standard InChI is InChI=1S/C12H14INO2/c13-10-3-1-2-8(5-10)4-9-6-11(12(15)16)14-7-9/h1-3,5,9,11,14H,4,6-7H2,(H,15,16)/t9-,11+/m1/s1. The van der Waals surface area contributed by atoms with Gasteiger partial charge in [0.1, 0.15) is 6.04 Å². The van der Waals surface area contributed by atoms with Gasteiger partial charge in [-0.15, -0.1) is 0 Å². The Morgan fingerprint density at radius 2 is 2.38 bits per heavy atom. The fraction of sp³-hybridized carbons (Fsp3) is 0.417. The molecule has 16 heavy (non-hydrogen) atoms. The minimum atomic E-state index is -0.926. The van der Waals surface area contributed by atoms with Crippen LogP contribution in [0.15, 0.2) is 24.3 Å². The summed E-state index contributed by atoms with van der Waals surface area (Å²) in [5, 5.41) is 12.6. The van der Waals surface area contributed by atoms with E-state index < -0.39 is 5.97 Å². The number of carbonyl (C=O) groups is 1. The minimum Gasteiger partial charge on any atom is -0.544 e. The molecule has 2 N–H and O–H groups in total. The van der Waals surface area contributed by atoms with E-state index in [-0.39, 0.29) is 6.04 Å². The molecular formula is C12H14INO2. The summed E-state index contributed by atoms with van der Waals surface area (Å²) in [5.41, 5.74) is 1.30. The molecule has 1 aromatic carbocycles. The molecule has 86 valence electrons. The van der Waals surface area contributed by atoms with Gasteiger partial charge >= 0.3 is 0 Å². The summed E-state index contributed by atoms with van der Waals surface area (Å²) >= 11 is 2.29. The lowest BCUT2D eigenvalue weighted by molar-refractivity contribution is -0.666. The van der Waals surface area contributed by atoms with Crippen molar-refractivity contribution in [2.45, 2.75) is 18.9 Å². The number of hydrogen-bond donors (Lipinski definition) is 1. The Labute approximate surface area is 108 Å². The molecule has 1 saturated heterocycles. The molecule has 0 bridgehead atoms. The van der Waals surface area contributed by atoms with Gasteiger partial charge in [-0.3, -0.25) is 0 Å². The zero-order valence-corrected chi connectivity index (χ0v) is 11.0. The number of carboxylic acids is 1. The monoisotopic (exact) mass is 331 g/mol. The van der Waals surface area contributed by atoms with Crippen molar-refractivity contribution in [2.75, 3.05) is 6.54 Å². The smallest absolute Gasteiger partial charge is 0.127 e. The second kappa shape index (κ2) is 5.14. The summed E-state index contributed by atoms with van der Waals surface area (Å²) in [7, 11) is 0.